The van der Waals surface area contributed by atoms with Crippen LogP contribution in [0.25, 0.3) is 0 Å². The molecule has 0 unspecified atom stereocenters. The number of carbonyl (C=O) groups is 4. The Morgan fingerprint density at radius 3 is 2.30 bits per heavy atom. The van der Waals surface area contributed by atoms with Gasteiger partial charge >= 0.3 is 17.8 Å². The molecule has 0 aliphatic carbocycles. The van der Waals surface area contributed by atoms with Gasteiger partial charge in [0.2, 0.25) is 5.91 Å². The number of imide groups is 2. The molecule has 1 aliphatic heterocycles. The quantitative estimate of drug-likeness (QED) is 0.610. The summed E-state index contributed by atoms with van der Waals surface area (Å²) in [7, 11) is 0. The van der Waals surface area contributed by atoms with Gasteiger partial charge in [-0.1, -0.05) is 36.4 Å². The summed E-state index contributed by atoms with van der Waals surface area (Å²) in [5.41, 5.74) is 0.882. The Morgan fingerprint density at radius 2 is 1.74 bits per heavy atom. The van der Waals surface area contributed by atoms with Crippen molar-refractivity contribution in [2.45, 2.75) is 25.9 Å². The zero-order valence-electron chi connectivity index (χ0n) is 14.9. The van der Waals surface area contributed by atoms with Crippen LogP contribution >= 0.6 is 11.3 Å². The van der Waals surface area contributed by atoms with Crippen LogP contribution in [0, 0.1) is 0 Å². The molecule has 2 aromatic rings. The van der Waals surface area contributed by atoms with Crippen LogP contribution in [0.3, 0.4) is 0 Å². The Bertz CT molecular complexity index is 864. The van der Waals surface area contributed by atoms with Crippen LogP contribution in [0.2, 0.25) is 0 Å². The van der Waals surface area contributed by atoms with E-state index in [1.54, 1.807) is 13.8 Å². The molecule has 2 heterocycles. The zero-order valence-corrected chi connectivity index (χ0v) is 15.7. The average molecular weight is 385 g/mol. The van der Waals surface area contributed by atoms with E-state index in [1.807, 2.05) is 47.8 Å². The van der Waals surface area contributed by atoms with Crippen molar-refractivity contribution in [3.63, 3.8) is 0 Å². The van der Waals surface area contributed by atoms with Crippen LogP contribution in [-0.4, -0.2) is 46.1 Å². The number of thiophene rings is 1. The first-order valence-corrected chi connectivity index (χ1v) is 9.35. The highest BCUT2D eigenvalue weighted by atomic mass is 32.1. The number of benzene rings is 1. The normalized spacial score (nSPS) is 15.6. The number of hydrogen-bond acceptors (Lipinski definition) is 5. The zero-order chi connectivity index (χ0) is 19.6. The molecule has 140 valence electrons. The number of hydrogen-bond donors (Lipinski definition) is 1. The number of amides is 5. The number of carbonyl (C=O) groups excluding carboxylic acids is 4. The van der Waals surface area contributed by atoms with E-state index >= 15 is 0 Å². The minimum atomic E-state index is -0.976. The summed E-state index contributed by atoms with van der Waals surface area (Å²) in [6, 6.07) is 11.6. The first kappa shape index (κ1) is 18.8. The van der Waals surface area contributed by atoms with Gasteiger partial charge in [0.15, 0.2) is 0 Å². The summed E-state index contributed by atoms with van der Waals surface area (Å²) in [6.45, 7) is 2.77. The van der Waals surface area contributed by atoms with Crippen molar-refractivity contribution in [3.05, 3.63) is 58.3 Å². The summed E-state index contributed by atoms with van der Waals surface area (Å²) in [5.74, 6) is -2.39. The van der Waals surface area contributed by atoms with Crippen LogP contribution in [0.15, 0.2) is 47.8 Å². The minimum absolute atomic E-state index is 0.400. The van der Waals surface area contributed by atoms with E-state index in [-0.39, 0.29) is 0 Å². The third kappa shape index (κ3) is 3.75. The van der Waals surface area contributed by atoms with Gasteiger partial charge in [-0.3, -0.25) is 19.3 Å². The van der Waals surface area contributed by atoms with E-state index < -0.39 is 42.4 Å². The Morgan fingerprint density at radius 1 is 1.04 bits per heavy atom. The molecule has 7 nitrogen and oxygen atoms in total. The number of nitrogens with zero attached hydrogens (tertiary/aromatic N) is 2. The Kier molecular flexibility index (Phi) is 5.36. The molecule has 3 rings (SSSR count). The molecule has 8 heteroatoms. The largest absolute Gasteiger partial charge is 0.343 e. The first-order chi connectivity index (χ1) is 12.9. The van der Waals surface area contributed by atoms with Gasteiger partial charge in [-0.25, -0.2) is 9.69 Å². The third-order valence-corrected chi connectivity index (χ3v) is 5.11. The van der Waals surface area contributed by atoms with Crippen LogP contribution in [0.4, 0.5) is 4.79 Å². The molecule has 1 N–H and O–H groups in total. The van der Waals surface area contributed by atoms with E-state index in [0.29, 0.717) is 4.90 Å². The third-order valence-electron chi connectivity index (χ3n) is 4.17. The lowest BCUT2D eigenvalue weighted by Crippen LogP contribution is -2.43. The van der Waals surface area contributed by atoms with Gasteiger partial charge in [0, 0.05) is 10.9 Å². The maximum atomic E-state index is 12.6. The molecule has 1 aromatic carbocycles. The standard InChI is InChI=1S/C19H19N3O4S/c1-12(2)22-18(25)17(24)21(19(22)26)11-15(23)20-16(14-9-6-10-27-14)13-7-4-3-5-8-13/h3-10,12,16H,11H2,1-2H3,(H,20,23)/t16-/m1/s1. The summed E-state index contributed by atoms with van der Waals surface area (Å²) in [5, 5.41) is 4.77. The molecular formula is C19H19N3O4S. The van der Waals surface area contributed by atoms with Crippen molar-refractivity contribution in [2.75, 3.05) is 6.54 Å². The van der Waals surface area contributed by atoms with Crippen molar-refractivity contribution in [1.82, 2.24) is 15.1 Å². The number of urea groups is 1. The predicted octanol–water partition coefficient (Wildman–Crippen LogP) is 2.15. The second-order valence-corrected chi connectivity index (χ2v) is 7.35. The Hall–Kier alpha value is -3.00. The summed E-state index contributed by atoms with van der Waals surface area (Å²) < 4.78 is 0. The fraction of sp³-hybridized carbons (Fsp3) is 0.263. The molecule has 0 saturated carbocycles. The second kappa shape index (κ2) is 7.71. The summed E-state index contributed by atoms with van der Waals surface area (Å²) >= 11 is 1.49. The molecule has 1 aromatic heterocycles. The molecule has 0 radical (unpaired) electrons. The van der Waals surface area contributed by atoms with Crippen molar-refractivity contribution >= 4 is 35.1 Å². The predicted molar refractivity (Wildman–Crippen MR) is 99.8 cm³/mol. The van der Waals surface area contributed by atoms with Gasteiger partial charge in [0.1, 0.15) is 6.54 Å². The molecule has 1 aliphatic rings. The molecule has 1 atom stereocenters. The van der Waals surface area contributed by atoms with Crippen molar-refractivity contribution in [2.24, 2.45) is 0 Å². The van der Waals surface area contributed by atoms with Crippen LogP contribution < -0.4 is 5.32 Å². The molecule has 0 bridgehead atoms. The average Bonchev–Trinajstić information content (AvgIpc) is 3.24. The highest BCUT2D eigenvalue weighted by Gasteiger charge is 2.46. The smallest absolute Gasteiger partial charge is 0.334 e. The lowest BCUT2D eigenvalue weighted by atomic mass is 10.1. The highest BCUT2D eigenvalue weighted by Crippen LogP contribution is 2.26. The summed E-state index contributed by atoms with van der Waals surface area (Å²) in [6.07, 6.45) is 0. The van der Waals surface area contributed by atoms with Gasteiger partial charge in [-0.05, 0) is 30.9 Å². The van der Waals surface area contributed by atoms with E-state index in [4.69, 9.17) is 0 Å². The Balaban J connectivity index is 1.77. The topological polar surface area (TPSA) is 86.8 Å². The van der Waals surface area contributed by atoms with E-state index in [0.717, 1.165) is 15.3 Å². The van der Waals surface area contributed by atoms with Crippen LogP contribution in [0.5, 0.6) is 0 Å². The fourth-order valence-electron chi connectivity index (χ4n) is 2.89. The molecule has 0 spiro atoms. The SMILES string of the molecule is CC(C)N1C(=O)C(=O)N(CC(=O)N[C@H](c2ccccc2)c2cccs2)C1=O. The number of nitrogens with one attached hydrogen (secondary N) is 1. The van der Waals surface area contributed by atoms with Gasteiger partial charge in [0.05, 0.1) is 6.04 Å². The van der Waals surface area contributed by atoms with E-state index in [1.165, 1.54) is 11.3 Å². The molecule has 1 saturated heterocycles. The van der Waals surface area contributed by atoms with Gasteiger partial charge in [-0.15, -0.1) is 11.3 Å². The molecular weight excluding hydrogens is 366 g/mol. The second-order valence-electron chi connectivity index (χ2n) is 6.37. The van der Waals surface area contributed by atoms with Crippen molar-refractivity contribution in [3.8, 4) is 0 Å². The maximum absolute atomic E-state index is 12.6. The van der Waals surface area contributed by atoms with E-state index in [2.05, 4.69) is 5.32 Å². The van der Waals surface area contributed by atoms with Gasteiger partial charge in [0.25, 0.3) is 0 Å². The molecule has 1 fully saturated rings. The monoisotopic (exact) mass is 385 g/mol. The maximum Gasteiger partial charge on any atom is 0.334 e. The fourth-order valence-corrected chi connectivity index (χ4v) is 3.69. The van der Waals surface area contributed by atoms with Crippen molar-refractivity contribution in [1.29, 1.82) is 0 Å². The van der Waals surface area contributed by atoms with Crippen LogP contribution in [0.1, 0.15) is 30.3 Å². The van der Waals surface area contributed by atoms with Gasteiger partial charge < -0.3 is 5.32 Å². The summed E-state index contributed by atoms with van der Waals surface area (Å²) in [4.78, 5) is 51.4. The van der Waals surface area contributed by atoms with Crippen molar-refractivity contribution < 1.29 is 19.2 Å². The van der Waals surface area contributed by atoms with Gasteiger partial charge in [-0.2, -0.15) is 0 Å². The lowest BCUT2D eigenvalue weighted by molar-refractivity contribution is -0.144. The van der Waals surface area contributed by atoms with E-state index in [9.17, 15) is 19.2 Å². The minimum Gasteiger partial charge on any atom is -0.343 e. The lowest BCUT2D eigenvalue weighted by Gasteiger charge is -2.21. The molecule has 5 amide bonds. The number of rotatable bonds is 6. The highest BCUT2D eigenvalue weighted by molar-refractivity contribution is 7.10. The molecule has 27 heavy (non-hydrogen) atoms. The van der Waals surface area contributed by atoms with Crippen LogP contribution in [-0.2, 0) is 14.4 Å². The first-order valence-electron chi connectivity index (χ1n) is 8.47. The Labute approximate surface area is 160 Å².